The first-order valence-corrected chi connectivity index (χ1v) is 7.48. The van der Waals surface area contributed by atoms with Crippen LogP contribution in [0.1, 0.15) is 16.1 Å². The van der Waals surface area contributed by atoms with Crippen molar-refractivity contribution in [3.05, 3.63) is 65.9 Å². The summed E-state index contributed by atoms with van der Waals surface area (Å²) in [4.78, 5) is 12.1. The number of phenols is 1. The minimum atomic E-state index is -0.413. The van der Waals surface area contributed by atoms with Crippen LogP contribution in [0, 0.1) is 0 Å². The van der Waals surface area contributed by atoms with Gasteiger partial charge in [0.05, 0.1) is 19.0 Å². The molecule has 0 saturated carbocycles. The molecule has 3 rings (SSSR count). The number of phenolic OH excluding ortho intramolecular Hbond substituents is 1. The summed E-state index contributed by atoms with van der Waals surface area (Å²) >= 11 is 0. The van der Waals surface area contributed by atoms with E-state index in [2.05, 4.69) is 20.7 Å². The second kappa shape index (κ2) is 7.31. The Bertz CT molecular complexity index is 904. The molecule has 7 heteroatoms. The summed E-state index contributed by atoms with van der Waals surface area (Å²) in [7, 11) is 1.47. The molecule has 2 aromatic carbocycles. The Kier molecular flexibility index (Phi) is 4.75. The van der Waals surface area contributed by atoms with E-state index in [-0.39, 0.29) is 5.75 Å². The first-order valence-electron chi connectivity index (χ1n) is 7.48. The van der Waals surface area contributed by atoms with Gasteiger partial charge in [-0.2, -0.15) is 10.2 Å². The number of aromatic nitrogens is 2. The van der Waals surface area contributed by atoms with Crippen LogP contribution >= 0.6 is 0 Å². The van der Waals surface area contributed by atoms with Gasteiger partial charge in [-0.3, -0.25) is 9.89 Å². The van der Waals surface area contributed by atoms with Crippen LogP contribution in [0.3, 0.4) is 0 Å². The van der Waals surface area contributed by atoms with Crippen LogP contribution in [0.4, 0.5) is 0 Å². The van der Waals surface area contributed by atoms with Gasteiger partial charge in [0.15, 0.2) is 11.5 Å². The third-order valence-corrected chi connectivity index (χ3v) is 3.47. The molecule has 126 valence electrons. The zero-order valence-corrected chi connectivity index (χ0v) is 13.4. The number of nitrogens with one attached hydrogen (secondary N) is 2. The summed E-state index contributed by atoms with van der Waals surface area (Å²) in [5, 5.41) is 20.4. The largest absolute Gasteiger partial charge is 0.504 e. The number of carbonyl (C=O) groups is 1. The summed E-state index contributed by atoms with van der Waals surface area (Å²) in [6.07, 6.45) is 1.42. The third-order valence-electron chi connectivity index (χ3n) is 3.47. The van der Waals surface area contributed by atoms with Gasteiger partial charge < -0.3 is 9.84 Å². The molecule has 0 bridgehead atoms. The van der Waals surface area contributed by atoms with E-state index in [9.17, 15) is 9.90 Å². The third kappa shape index (κ3) is 3.84. The Morgan fingerprint density at radius 3 is 2.76 bits per heavy atom. The molecule has 1 aromatic heterocycles. The fraction of sp³-hybridized carbons (Fsp3) is 0.0556. The van der Waals surface area contributed by atoms with Gasteiger partial charge in [-0.1, -0.05) is 30.3 Å². The highest BCUT2D eigenvalue weighted by molar-refractivity contribution is 5.94. The monoisotopic (exact) mass is 336 g/mol. The average molecular weight is 336 g/mol. The molecule has 25 heavy (non-hydrogen) atoms. The zero-order valence-electron chi connectivity index (χ0n) is 13.4. The second-order valence-electron chi connectivity index (χ2n) is 5.16. The van der Waals surface area contributed by atoms with Gasteiger partial charge in [-0.25, -0.2) is 5.43 Å². The highest BCUT2D eigenvalue weighted by Crippen LogP contribution is 2.25. The van der Waals surface area contributed by atoms with Crippen LogP contribution in [0.5, 0.6) is 11.5 Å². The Morgan fingerprint density at radius 1 is 1.24 bits per heavy atom. The van der Waals surface area contributed by atoms with E-state index in [1.54, 1.807) is 18.2 Å². The predicted octanol–water partition coefficient (Wildman–Crippen LogP) is 2.55. The number of carbonyl (C=O) groups excluding carboxylic acids is 1. The zero-order chi connectivity index (χ0) is 17.6. The minimum absolute atomic E-state index is 0.00107. The van der Waals surface area contributed by atoms with E-state index in [1.807, 2.05) is 30.3 Å². The fourth-order valence-electron chi connectivity index (χ4n) is 2.21. The maximum Gasteiger partial charge on any atom is 0.289 e. The molecule has 0 atom stereocenters. The second-order valence-corrected chi connectivity index (χ2v) is 5.16. The normalized spacial score (nSPS) is 10.8. The molecule has 0 fully saturated rings. The number of aromatic amines is 1. The van der Waals surface area contributed by atoms with Crippen LogP contribution in [0.15, 0.2) is 59.7 Å². The summed E-state index contributed by atoms with van der Waals surface area (Å²) in [5.41, 5.74) is 4.91. The molecule has 1 heterocycles. The average Bonchev–Trinajstić information content (AvgIpc) is 3.13. The van der Waals surface area contributed by atoms with E-state index < -0.39 is 5.91 Å². The van der Waals surface area contributed by atoms with Crippen LogP contribution in [-0.2, 0) is 0 Å². The van der Waals surface area contributed by atoms with E-state index in [1.165, 1.54) is 19.4 Å². The van der Waals surface area contributed by atoms with E-state index in [4.69, 9.17) is 4.74 Å². The molecular formula is C18H16N4O3. The van der Waals surface area contributed by atoms with Crippen LogP contribution in [0.25, 0.3) is 11.3 Å². The van der Waals surface area contributed by atoms with Gasteiger partial charge in [0, 0.05) is 5.56 Å². The topological polar surface area (TPSA) is 99.6 Å². The highest BCUT2D eigenvalue weighted by atomic mass is 16.5. The number of methoxy groups -OCH3 is 1. The van der Waals surface area contributed by atoms with Crippen LogP contribution in [-0.4, -0.2) is 34.5 Å². The van der Waals surface area contributed by atoms with Crippen molar-refractivity contribution in [3.63, 3.8) is 0 Å². The van der Waals surface area contributed by atoms with E-state index >= 15 is 0 Å². The Morgan fingerprint density at radius 2 is 2.04 bits per heavy atom. The molecular weight excluding hydrogens is 320 g/mol. The molecule has 0 aliphatic rings. The number of hydrogen-bond acceptors (Lipinski definition) is 5. The first kappa shape index (κ1) is 16.3. The van der Waals surface area contributed by atoms with Crippen molar-refractivity contribution in [1.29, 1.82) is 0 Å². The van der Waals surface area contributed by atoms with Crippen molar-refractivity contribution in [3.8, 4) is 22.8 Å². The summed E-state index contributed by atoms with van der Waals surface area (Å²) in [5.74, 6) is -0.0467. The van der Waals surface area contributed by atoms with Gasteiger partial charge in [0.25, 0.3) is 5.91 Å². The number of benzene rings is 2. The molecule has 0 aliphatic carbocycles. The number of rotatable bonds is 5. The number of amides is 1. The lowest BCUT2D eigenvalue weighted by Crippen LogP contribution is -2.17. The van der Waals surface area contributed by atoms with Crippen LogP contribution < -0.4 is 10.2 Å². The smallest absolute Gasteiger partial charge is 0.289 e. The van der Waals surface area contributed by atoms with Gasteiger partial charge in [0.2, 0.25) is 0 Å². The molecule has 0 spiro atoms. The SMILES string of the molecule is COc1ccc(C=NNC(=O)c2cc(-c3ccccc3)n[nH]2)cc1O. The number of aromatic hydroxyl groups is 1. The maximum absolute atomic E-state index is 12.1. The van der Waals surface area contributed by atoms with Crippen molar-refractivity contribution < 1.29 is 14.6 Å². The molecule has 0 radical (unpaired) electrons. The molecule has 3 N–H and O–H groups in total. The van der Waals surface area contributed by atoms with Crippen molar-refractivity contribution in [2.24, 2.45) is 5.10 Å². The molecule has 1 amide bonds. The molecule has 0 saturated heterocycles. The first-order chi connectivity index (χ1) is 12.2. The molecule has 7 nitrogen and oxygen atoms in total. The standard InChI is InChI=1S/C18H16N4O3/c1-25-17-8-7-12(9-16(17)23)11-19-22-18(24)15-10-14(20-21-15)13-5-3-2-4-6-13/h2-11,23H,1H3,(H,20,21)(H,22,24). The predicted molar refractivity (Wildman–Crippen MR) is 93.7 cm³/mol. The number of hydrazone groups is 1. The van der Waals surface area contributed by atoms with Gasteiger partial charge >= 0.3 is 0 Å². The molecule has 0 aliphatic heterocycles. The number of H-pyrrole nitrogens is 1. The van der Waals surface area contributed by atoms with E-state index in [0.717, 1.165) is 5.56 Å². The Hall–Kier alpha value is -3.61. The summed E-state index contributed by atoms with van der Waals surface area (Å²) in [6, 6.07) is 16.0. The highest BCUT2D eigenvalue weighted by Gasteiger charge is 2.10. The van der Waals surface area contributed by atoms with E-state index in [0.29, 0.717) is 22.7 Å². The maximum atomic E-state index is 12.1. The van der Waals surface area contributed by atoms with Crippen molar-refractivity contribution in [2.45, 2.75) is 0 Å². The van der Waals surface area contributed by atoms with Crippen molar-refractivity contribution >= 4 is 12.1 Å². The quantitative estimate of drug-likeness (QED) is 0.492. The lowest BCUT2D eigenvalue weighted by molar-refractivity contribution is 0.0950. The lowest BCUT2D eigenvalue weighted by atomic mass is 10.1. The number of ether oxygens (including phenoxy) is 1. The van der Waals surface area contributed by atoms with Crippen LogP contribution in [0.2, 0.25) is 0 Å². The van der Waals surface area contributed by atoms with Gasteiger partial charge in [-0.05, 0) is 29.8 Å². The van der Waals surface area contributed by atoms with Crippen molar-refractivity contribution in [1.82, 2.24) is 15.6 Å². The number of nitrogens with zero attached hydrogens (tertiary/aromatic N) is 2. The van der Waals surface area contributed by atoms with Crippen molar-refractivity contribution in [2.75, 3.05) is 7.11 Å². The van der Waals surface area contributed by atoms with Gasteiger partial charge in [-0.15, -0.1) is 0 Å². The summed E-state index contributed by atoms with van der Waals surface area (Å²) in [6.45, 7) is 0. The van der Waals surface area contributed by atoms with Gasteiger partial charge in [0.1, 0.15) is 5.69 Å². The number of hydrogen-bond donors (Lipinski definition) is 3. The fourth-order valence-corrected chi connectivity index (χ4v) is 2.21. The molecule has 3 aromatic rings. The lowest BCUT2D eigenvalue weighted by Gasteiger charge is -2.03. The molecule has 0 unspecified atom stereocenters. The summed E-state index contributed by atoms with van der Waals surface area (Å²) < 4.78 is 4.96. The Labute approximate surface area is 144 Å². The Balaban J connectivity index is 1.65. The minimum Gasteiger partial charge on any atom is -0.504 e.